The average molecular weight is 335 g/mol. The monoisotopic (exact) mass is 333 g/mol. The largest absolute Gasteiger partial charge is 0.308 e. The quantitative estimate of drug-likeness (QED) is 0.386. The number of amidine groups is 1. The topological polar surface area (TPSA) is 50.4 Å². The van der Waals surface area contributed by atoms with Gasteiger partial charge >= 0.3 is 0 Å². The third-order valence-corrected chi connectivity index (χ3v) is 2.97. The van der Waals surface area contributed by atoms with Crippen molar-refractivity contribution >= 4 is 37.7 Å². The zero-order chi connectivity index (χ0) is 11.3. The van der Waals surface area contributed by atoms with E-state index in [1.165, 1.54) is 0 Å². The van der Waals surface area contributed by atoms with Crippen LogP contribution in [0.4, 0.5) is 0 Å². The summed E-state index contributed by atoms with van der Waals surface area (Å²) in [5, 5.41) is 0. The molecule has 1 aromatic carbocycles. The average Bonchev–Trinajstić information content (AvgIpc) is 2.21. The number of rotatable bonds is 3. The molecule has 15 heavy (non-hydrogen) atoms. The Labute approximate surface area is 106 Å². The molecule has 0 aliphatic heterocycles. The van der Waals surface area contributed by atoms with Gasteiger partial charge in [0.1, 0.15) is 5.84 Å². The van der Waals surface area contributed by atoms with Crippen LogP contribution < -0.4 is 11.3 Å². The molecule has 0 amide bonds. The summed E-state index contributed by atoms with van der Waals surface area (Å²) in [6.07, 6.45) is 0.999. The van der Waals surface area contributed by atoms with Crippen molar-refractivity contribution < 1.29 is 0 Å². The van der Waals surface area contributed by atoms with Gasteiger partial charge in [-0.05, 0) is 40.5 Å². The Balaban J connectivity index is 3.02. The van der Waals surface area contributed by atoms with Crippen molar-refractivity contribution in [2.45, 2.75) is 13.3 Å². The van der Waals surface area contributed by atoms with Gasteiger partial charge in [-0.15, -0.1) is 0 Å². The van der Waals surface area contributed by atoms with Crippen LogP contribution in [0.25, 0.3) is 0 Å². The number of nitrogens with zero attached hydrogens (tertiary/aromatic N) is 1. The van der Waals surface area contributed by atoms with E-state index in [9.17, 15) is 0 Å². The first-order valence-corrected chi connectivity index (χ1v) is 6.24. The molecule has 0 spiro atoms. The number of hydrogen-bond donors (Lipinski definition) is 2. The Kier molecular flexibility index (Phi) is 5.28. The molecular weight excluding hydrogens is 322 g/mol. The number of nitrogens with two attached hydrogens (primary N) is 1. The highest BCUT2D eigenvalue weighted by molar-refractivity contribution is 9.11. The molecule has 0 saturated carbocycles. The number of benzene rings is 1. The van der Waals surface area contributed by atoms with Crippen LogP contribution in [0.2, 0.25) is 0 Å². The van der Waals surface area contributed by atoms with Crippen molar-refractivity contribution in [1.29, 1.82) is 0 Å². The summed E-state index contributed by atoms with van der Waals surface area (Å²) in [6.45, 7) is 2.84. The van der Waals surface area contributed by atoms with Gasteiger partial charge in [0.05, 0.1) is 0 Å². The zero-order valence-electron chi connectivity index (χ0n) is 8.43. The molecule has 0 saturated heterocycles. The molecule has 82 valence electrons. The van der Waals surface area contributed by atoms with Gasteiger partial charge in [0, 0.05) is 21.1 Å². The molecule has 0 bridgehead atoms. The smallest absolute Gasteiger partial charge is 0.143 e. The highest BCUT2D eigenvalue weighted by Crippen LogP contribution is 2.21. The lowest BCUT2D eigenvalue weighted by Gasteiger charge is -2.08. The van der Waals surface area contributed by atoms with Crippen LogP contribution >= 0.6 is 31.9 Å². The number of nitrogens with one attached hydrogen (secondary N) is 1. The van der Waals surface area contributed by atoms with Crippen molar-refractivity contribution in [1.82, 2.24) is 5.43 Å². The maximum Gasteiger partial charge on any atom is 0.143 e. The first-order valence-electron chi connectivity index (χ1n) is 4.65. The second kappa shape index (κ2) is 6.25. The molecular formula is C10H13Br2N3. The summed E-state index contributed by atoms with van der Waals surface area (Å²) < 4.78 is 1.98. The minimum Gasteiger partial charge on any atom is -0.308 e. The fraction of sp³-hybridized carbons (Fsp3) is 0.300. The van der Waals surface area contributed by atoms with E-state index in [1.54, 1.807) is 0 Å². The molecule has 0 aliphatic rings. The van der Waals surface area contributed by atoms with Crippen LogP contribution in [-0.4, -0.2) is 12.4 Å². The zero-order valence-corrected chi connectivity index (χ0v) is 11.6. The highest BCUT2D eigenvalue weighted by atomic mass is 79.9. The van der Waals surface area contributed by atoms with Crippen molar-refractivity contribution in [2.24, 2.45) is 10.8 Å². The van der Waals surface area contributed by atoms with Gasteiger partial charge in [-0.2, -0.15) is 0 Å². The van der Waals surface area contributed by atoms with Crippen LogP contribution in [0.5, 0.6) is 0 Å². The normalized spacial score (nSPS) is 11.6. The van der Waals surface area contributed by atoms with Crippen molar-refractivity contribution in [2.75, 3.05) is 6.54 Å². The summed E-state index contributed by atoms with van der Waals surface area (Å²) in [4.78, 5) is 4.36. The molecule has 5 heteroatoms. The molecule has 3 nitrogen and oxygen atoms in total. The summed E-state index contributed by atoms with van der Waals surface area (Å²) in [5.41, 5.74) is 3.58. The maximum absolute atomic E-state index is 5.44. The van der Waals surface area contributed by atoms with E-state index in [1.807, 2.05) is 18.2 Å². The van der Waals surface area contributed by atoms with Crippen molar-refractivity contribution in [3.63, 3.8) is 0 Å². The van der Waals surface area contributed by atoms with E-state index in [4.69, 9.17) is 5.84 Å². The van der Waals surface area contributed by atoms with E-state index in [0.29, 0.717) is 5.84 Å². The molecule has 0 atom stereocenters. The molecule has 1 aromatic rings. The van der Waals surface area contributed by atoms with Gasteiger partial charge < -0.3 is 5.43 Å². The predicted octanol–water partition coefficient (Wildman–Crippen LogP) is 2.83. The fourth-order valence-corrected chi connectivity index (χ4v) is 2.35. The van der Waals surface area contributed by atoms with E-state index < -0.39 is 0 Å². The predicted molar refractivity (Wildman–Crippen MR) is 70.9 cm³/mol. The van der Waals surface area contributed by atoms with E-state index >= 15 is 0 Å². The van der Waals surface area contributed by atoms with Crippen molar-refractivity contribution in [3.05, 3.63) is 32.7 Å². The summed E-state index contributed by atoms with van der Waals surface area (Å²) in [5.74, 6) is 6.14. The third kappa shape index (κ3) is 3.59. The first-order chi connectivity index (χ1) is 7.19. The van der Waals surface area contributed by atoms with Gasteiger partial charge in [0.15, 0.2) is 0 Å². The summed E-state index contributed by atoms with van der Waals surface area (Å²) in [6, 6.07) is 5.88. The van der Waals surface area contributed by atoms with Gasteiger partial charge in [-0.3, -0.25) is 4.99 Å². The molecule has 1 rings (SSSR count). The number of hydrogen-bond acceptors (Lipinski definition) is 2. The number of hydrazine groups is 1. The van der Waals surface area contributed by atoms with Gasteiger partial charge in [-0.1, -0.05) is 22.9 Å². The summed E-state index contributed by atoms with van der Waals surface area (Å²) in [7, 11) is 0. The minimum atomic E-state index is 0.705. The molecule has 0 aromatic heterocycles. The van der Waals surface area contributed by atoms with E-state index in [-0.39, 0.29) is 0 Å². The van der Waals surface area contributed by atoms with E-state index in [0.717, 1.165) is 27.5 Å². The minimum absolute atomic E-state index is 0.705. The van der Waals surface area contributed by atoms with Gasteiger partial charge in [0.2, 0.25) is 0 Å². The lowest BCUT2D eigenvalue weighted by atomic mass is 10.2. The fourth-order valence-electron chi connectivity index (χ4n) is 1.11. The van der Waals surface area contributed by atoms with Crippen LogP contribution in [-0.2, 0) is 0 Å². The van der Waals surface area contributed by atoms with Crippen LogP contribution in [0, 0.1) is 0 Å². The Morgan fingerprint density at radius 3 is 2.73 bits per heavy atom. The van der Waals surface area contributed by atoms with Crippen molar-refractivity contribution in [3.8, 4) is 0 Å². The Morgan fingerprint density at radius 2 is 2.20 bits per heavy atom. The Morgan fingerprint density at radius 1 is 1.47 bits per heavy atom. The molecule has 0 unspecified atom stereocenters. The molecule has 3 N–H and O–H groups in total. The molecule has 0 fully saturated rings. The molecule has 0 heterocycles. The standard InChI is InChI=1S/C10H13Br2N3/c1-2-5-14-10(15-13)8-4-3-7(11)6-9(8)12/h3-4,6H,2,5,13H2,1H3,(H,14,15). The number of halogens is 2. The van der Waals surface area contributed by atoms with Gasteiger partial charge in [0.25, 0.3) is 0 Å². The SMILES string of the molecule is CCCN=C(NN)c1ccc(Br)cc1Br. The molecule has 0 aliphatic carbocycles. The summed E-state index contributed by atoms with van der Waals surface area (Å²) >= 11 is 6.87. The Hall–Kier alpha value is -0.390. The highest BCUT2D eigenvalue weighted by Gasteiger charge is 2.06. The lowest BCUT2D eigenvalue weighted by Crippen LogP contribution is -2.31. The lowest BCUT2D eigenvalue weighted by molar-refractivity contribution is 0.907. The maximum atomic E-state index is 5.44. The van der Waals surface area contributed by atoms with Crippen LogP contribution in [0.15, 0.2) is 32.1 Å². The number of aliphatic imine (C=N–C) groups is 1. The second-order valence-electron chi connectivity index (χ2n) is 3.00. The van der Waals surface area contributed by atoms with Gasteiger partial charge in [-0.25, -0.2) is 5.84 Å². The van der Waals surface area contributed by atoms with Crippen LogP contribution in [0.3, 0.4) is 0 Å². The van der Waals surface area contributed by atoms with Crippen LogP contribution in [0.1, 0.15) is 18.9 Å². The molecule has 0 radical (unpaired) electrons. The van der Waals surface area contributed by atoms with E-state index in [2.05, 4.69) is 49.2 Å². The third-order valence-electron chi connectivity index (χ3n) is 1.82. The Bertz CT molecular complexity index is 364. The first kappa shape index (κ1) is 12.7. The second-order valence-corrected chi connectivity index (χ2v) is 4.77.